The van der Waals surface area contributed by atoms with E-state index in [0.717, 1.165) is 12.1 Å². The van der Waals surface area contributed by atoms with Crippen LogP contribution in [0.2, 0.25) is 0 Å². The summed E-state index contributed by atoms with van der Waals surface area (Å²) in [5.41, 5.74) is 0.164. The van der Waals surface area contributed by atoms with Crippen LogP contribution in [0.25, 0.3) is 0 Å². The minimum absolute atomic E-state index is 0.164. The summed E-state index contributed by atoms with van der Waals surface area (Å²) in [6.07, 6.45) is -2.80. The minimum Gasteiger partial charge on any atom is -0.505 e. The number of hydrogen-bond donors (Lipinski definition) is 3. The topological polar surface area (TPSA) is 84.5 Å². The number of hydrogen-bond acceptors (Lipinski definition) is 4. The van der Waals surface area contributed by atoms with Gasteiger partial charge in [0.1, 0.15) is 6.10 Å². The molecule has 5 heteroatoms. The van der Waals surface area contributed by atoms with Gasteiger partial charge in [0.25, 0.3) is 0 Å². The lowest BCUT2D eigenvalue weighted by Crippen LogP contribution is -2.17. The van der Waals surface area contributed by atoms with E-state index in [-0.39, 0.29) is 12.0 Å². The smallest absolute Gasteiger partial charge is 0.164 e. The van der Waals surface area contributed by atoms with Gasteiger partial charge in [0, 0.05) is 0 Å². The second-order valence-corrected chi connectivity index (χ2v) is 3.09. The minimum atomic E-state index is -1.31. The Bertz CT molecular complexity index is 389. The summed E-state index contributed by atoms with van der Waals surface area (Å²) in [7, 11) is 0. The Labute approximate surface area is 85.8 Å². The van der Waals surface area contributed by atoms with E-state index in [1.54, 1.807) is 6.07 Å². The van der Waals surface area contributed by atoms with Crippen molar-refractivity contribution in [3.05, 3.63) is 29.6 Å². The molecule has 1 rings (SSSR count). The summed E-state index contributed by atoms with van der Waals surface area (Å²) in [4.78, 5) is 0. The Morgan fingerprint density at radius 2 is 2.07 bits per heavy atom. The normalized spacial score (nSPS) is 14.3. The maximum atomic E-state index is 12.7. The van der Waals surface area contributed by atoms with Crippen LogP contribution >= 0.6 is 0 Å². The lowest BCUT2D eigenvalue weighted by atomic mass is 10.0. The van der Waals surface area contributed by atoms with Crippen LogP contribution in [0.1, 0.15) is 18.1 Å². The Balaban J connectivity index is 2.87. The number of aliphatic hydroxyl groups is 2. The molecule has 0 spiro atoms. The van der Waals surface area contributed by atoms with Crippen LogP contribution in [-0.4, -0.2) is 21.4 Å². The van der Waals surface area contributed by atoms with Gasteiger partial charge in [-0.2, -0.15) is 5.26 Å². The molecule has 0 aliphatic heterocycles. The molecule has 1 aromatic rings. The molecule has 0 heterocycles. The van der Waals surface area contributed by atoms with E-state index in [1.807, 2.05) is 0 Å². The summed E-state index contributed by atoms with van der Waals surface area (Å²) in [5, 5.41) is 36.1. The van der Waals surface area contributed by atoms with Crippen LogP contribution in [0.5, 0.6) is 5.75 Å². The van der Waals surface area contributed by atoms with Crippen molar-refractivity contribution in [2.24, 2.45) is 0 Å². The second kappa shape index (κ2) is 4.73. The van der Waals surface area contributed by atoms with Gasteiger partial charge in [0.2, 0.25) is 0 Å². The van der Waals surface area contributed by atoms with Gasteiger partial charge in [0.05, 0.1) is 18.6 Å². The van der Waals surface area contributed by atoms with Crippen LogP contribution in [0.4, 0.5) is 4.39 Å². The highest BCUT2D eigenvalue weighted by molar-refractivity contribution is 5.30. The zero-order valence-corrected chi connectivity index (χ0v) is 7.76. The van der Waals surface area contributed by atoms with Gasteiger partial charge in [-0.3, -0.25) is 0 Å². The third kappa shape index (κ3) is 2.65. The fraction of sp³-hybridized carbons (Fsp3) is 0.300. The average molecular weight is 211 g/mol. The number of aromatic hydroxyl groups is 1. The summed E-state index contributed by atoms with van der Waals surface area (Å²) < 4.78 is 12.7. The van der Waals surface area contributed by atoms with E-state index in [9.17, 15) is 14.6 Å². The van der Waals surface area contributed by atoms with Gasteiger partial charge in [-0.25, -0.2) is 4.39 Å². The monoisotopic (exact) mass is 211 g/mol. The zero-order chi connectivity index (χ0) is 11.4. The Hall–Kier alpha value is -1.64. The first kappa shape index (κ1) is 11.4. The fourth-order valence-corrected chi connectivity index (χ4v) is 1.14. The first-order valence-electron chi connectivity index (χ1n) is 4.27. The SMILES string of the molecule is N#CCC(O)C(O)c1ccc(F)c(O)c1. The van der Waals surface area contributed by atoms with Crippen LogP contribution in [0, 0.1) is 17.1 Å². The van der Waals surface area contributed by atoms with Crippen molar-refractivity contribution in [3.8, 4) is 11.8 Å². The van der Waals surface area contributed by atoms with Gasteiger partial charge in [-0.15, -0.1) is 0 Å². The molecule has 0 amide bonds. The van der Waals surface area contributed by atoms with Crippen molar-refractivity contribution >= 4 is 0 Å². The molecular weight excluding hydrogens is 201 g/mol. The van der Waals surface area contributed by atoms with E-state index >= 15 is 0 Å². The third-order valence-corrected chi connectivity index (χ3v) is 1.98. The molecule has 2 atom stereocenters. The quantitative estimate of drug-likeness (QED) is 0.691. The maximum Gasteiger partial charge on any atom is 0.164 e. The number of halogens is 1. The van der Waals surface area contributed by atoms with Crippen molar-refractivity contribution in [1.82, 2.24) is 0 Å². The van der Waals surface area contributed by atoms with Crippen LogP contribution < -0.4 is 0 Å². The van der Waals surface area contributed by atoms with Gasteiger partial charge in [-0.05, 0) is 17.7 Å². The maximum absolute atomic E-state index is 12.7. The summed E-state index contributed by atoms with van der Waals surface area (Å²) in [6, 6.07) is 4.93. The fourth-order valence-electron chi connectivity index (χ4n) is 1.14. The molecule has 1 aromatic carbocycles. The molecule has 2 unspecified atom stereocenters. The standard InChI is InChI=1S/C10H10FNO3/c11-7-2-1-6(5-9(7)14)10(15)8(13)3-4-12/h1-2,5,8,10,13-15H,3H2. The number of nitriles is 1. The molecule has 0 saturated carbocycles. The van der Waals surface area contributed by atoms with Crippen molar-refractivity contribution in [3.63, 3.8) is 0 Å². The lowest BCUT2D eigenvalue weighted by molar-refractivity contribution is 0.0215. The lowest BCUT2D eigenvalue weighted by Gasteiger charge is -2.15. The number of phenols is 1. The molecule has 15 heavy (non-hydrogen) atoms. The average Bonchev–Trinajstić information content (AvgIpc) is 2.21. The molecule has 0 saturated heterocycles. The summed E-state index contributed by atoms with van der Waals surface area (Å²) >= 11 is 0. The Morgan fingerprint density at radius 1 is 1.40 bits per heavy atom. The molecular formula is C10H10FNO3. The highest BCUT2D eigenvalue weighted by atomic mass is 19.1. The molecule has 0 bridgehead atoms. The largest absolute Gasteiger partial charge is 0.505 e. The molecule has 0 aliphatic carbocycles. The number of benzene rings is 1. The van der Waals surface area contributed by atoms with Crippen LogP contribution in [0.15, 0.2) is 18.2 Å². The van der Waals surface area contributed by atoms with Gasteiger partial charge < -0.3 is 15.3 Å². The number of aliphatic hydroxyl groups excluding tert-OH is 2. The number of nitrogens with zero attached hydrogens (tertiary/aromatic N) is 1. The number of rotatable bonds is 3. The molecule has 4 nitrogen and oxygen atoms in total. The van der Waals surface area contributed by atoms with Gasteiger partial charge in [0.15, 0.2) is 11.6 Å². The Morgan fingerprint density at radius 3 is 2.60 bits per heavy atom. The first-order valence-corrected chi connectivity index (χ1v) is 4.27. The van der Waals surface area contributed by atoms with Crippen LogP contribution in [0.3, 0.4) is 0 Å². The van der Waals surface area contributed by atoms with Gasteiger partial charge in [-0.1, -0.05) is 6.07 Å². The van der Waals surface area contributed by atoms with E-state index in [0.29, 0.717) is 0 Å². The second-order valence-electron chi connectivity index (χ2n) is 3.09. The predicted molar refractivity (Wildman–Crippen MR) is 49.3 cm³/mol. The molecule has 0 aromatic heterocycles. The highest BCUT2D eigenvalue weighted by Crippen LogP contribution is 2.24. The highest BCUT2D eigenvalue weighted by Gasteiger charge is 2.19. The van der Waals surface area contributed by atoms with E-state index in [4.69, 9.17) is 10.4 Å². The summed E-state index contributed by atoms with van der Waals surface area (Å²) in [6.45, 7) is 0. The third-order valence-electron chi connectivity index (χ3n) is 1.98. The van der Waals surface area contributed by atoms with E-state index < -0.39 is 23.8 Å². The number of phenolic OH excluding ortho intramolecular Hbond substituents is 1. The van der Waals surface area contributed by atoms with Crippen molar-refractivity contribution in [1.29, 1.82) is 5.26 Å². The summed E-state index contributed by atoms with van der Waals surface area (Å²) in [5.74, 6) is -1.41. The van der Waals surface area contributed by atoms with Gasteiger partial charge >= 0.3 is 0 Å². The molecule has 0 radical (unpaired) electrons. The molecule has 0 fully saturated rings. The van der Waals surface area contributed by atoms with Crippen molar-refractivity contribution in [2.75, 3.05) is 0 Å². The zero-order valence-electron chi connectivity index (χ0n) is 7.76. The van der Waals surface area contributed by atoms with Crippen molar-refractivity contribution < 1.29 is 19.7 Å². The van der Waals surface area contributed by atoms with E-state index in [2.05, 4.69) is 0 Å². The molecule has 3 N–H and O–H groups in total. The van der Waals surface area contributed by atoms with Crippen LogP contribution in [-0.2, 0) is 0 Å². The van der Waals surface area contributed by atoms with Crippen molar-refractivity contribution in [2.45, 2.75) is 18.6 Å². The van der Waals surface area contributed by atoms with E-state index in [1.165, 1.54) is 6.07 Å². The predicted octanol–water partition coefficient (Wildman–Crippen LogP) is 0.839. The first-order chi connectivity index (χ1) is 7.06. The Kier molecular flexibility index (Phi) is 3.61. The molecule has 0 aliphatic rings. The molecule has 80 valence electrons.